The van der Waals surface area contributed by atoms with Crippen molar-refractivity contribution in [3.63, 3.8) is 0 Å². The standard InChI is InChI=1S/C14H17NO3/c1-14(2,3)18-13(16)11-9-17-12(15-11)10-7-5-4-6-8-10/h4-8,11H,9H2,1-3H3. The van der Waals surface area contributed by atoms with Crippen LogP contribution in [0, 0.1) is 0 Å². The van der Waals surface area contributed by atoms with Gasteiger partial charge in [0.25, 0.3) is 0 Å². The number of ether oxygens (including phenoxy) is 2. The highest BCUT2D eigenvalue weighted by atomic mass is 16.6. The molecule has 0 N–H and O–H groups in total. The minimum atomic E-state index is -0.556. The lowest BCUT2D eigenvalue weighted by molar-refractivity contribution is -0.156. The molecule has 0 aromatic heterocycles. The average molecular weight is 247 g/mol. The molecule has 18 heavy (non-hydrogen) atoms. The van der Waals surface area contributed by atoms with Crippen LogP contribution in [0.2, 0.25) is 0 Å². The molecule has 1 aliphatic heterocycles. The van der Waals surface area contributed by atoms with Crippen molar-refractivity contribution in [3.8, 4) is 0 Å². The molecule has 1 aromatic carbocycles. The summed E-state index contributed by atoms with van der Waals surface area (Å²) in [6.45, 7) is 5.76. The molecule has 1 aliphatic rings. The molecule has 1 atom stereocenters. The van der Waals surface area contributed by atoms with Crippen LogP contribution in [0.3, 0.4) is 0 Å². The van der Waals surface area contributed by atoms with Gasteiger partial charge in [-0.3, -0.25) is 0 Å². The summed E-state index contributed by atoms with van der Waals surface area (Å²) in [6.07, 6.45) is 0. The van der Waals surface area contributed by atoms with Crippen molar-refractivity contribution in [1.82, 2.24) is 0 Å². The van der Waals surface area contributed by atoms with E-state index in [1.165, 1.54) is 0 Å². The number of carbonyl (C=O) groups excluding carboxylic acids is 1. The molecule has 2 rings (SSSR count). The summed E-state index contributed by atoms with van der Waals surface area (Å²) in [6, 6.07) is 8.97. The molecule has 1 unspecified atom stereocenters. The van der Waals surface area contributed by atoms with E-state index in [9.17, 15) is 4.79 Å². The van der Waals surface area contributed by atoms with E-state index >= 15 is 0 Å². The zero-order valence-electron chi connectivity index (χ0n) is 10.8. The van der Waals surface area contributed by atoms with Crippen molar-refractivity contribution in [2.75, 3.05) is 6.61 Å². The Balaban J connectivity index is 2.07. The van der Waals surface area contributed by atoms with Crippen molar-refractivity contribution in [1.29, 1.82) is 0 Å². The fraction of sp³-hybridized carbons (Fsp3) is 0.429. The quantitative estimate of drug-likeness (QED) is 0.752. The smallest absolute Gasteiger partial charge is 0.335 e. The highest BCUT2D eigenvalue weighted by Crippen LogP contribution is 2.16. The maximum atomic E-state index is 11.8. The number of nitrogens with zero attached hydrogens (tertiary/aromatic N) is 1. The summed E-state index contributed by atoms with van der Waals surface area (Å²) in [5.41, 5.74) is 0.380. The molecule has 1 heterocycles. The Kier molecular flexibility index (Phi) is 3.36. The molecule has 0 saturated heterocycles. The Morgan fingerprint density at radius 1 is 1.33 bits per heavy atom. The number of aliphatic imine (C=N–C) groups is 1. The van der Waals surface area contributed by atoms with Crippen molar-refractivity contribution in [3.05, 3.63) is 35.9 Å². The summed E-state index contributed by atoms with van der Waals surface area (Å²) in [4.78, 5) is 16.1. The minimum Gasteiger partial charge on any atom is -0.475 e. The number of rotatable bonds is 2. The van der Waals surface area contributed by atoms with Gasteiger partial charge in [-0.15, -0.1) is 0 Å². The molecular formula is C14H17NO3. The van der Waals surface area contributed by atoms with Crippen molar-refractivity contribution in [2.45, 2.75) is 32.4 Å². The van der Waals surface area contributed by atoms with E-state index in [2.05, 4.69) is 4.99 Å². The van der Waals surface area contributed by atoms with Gasteiger partial charge in [0.1, 0.15) is 12.2 Å². The number of carbonyl (C=O) groups is 1. The van der Waals surface area contributed by atoms with E-state index in [1.54, 1.807) is 0 Å². The molecule has 4 heteroatoms. The monoisotopic (exact) mass is 247 g/mol. The molecule has 0 aliphatic carbocycles. The van der Waals surface area contributed by atoms with E-state index in [0.29, 0.717) is 5.90 Å². The van der Waals surface area contributed by atoms with Crippen LogP contribution < -0.4 is 0 Å². The van der Waals surface area contributed by atoms with E-state index in [0.717, 1.165) is 5.56 Å². The predicted molar refractivity (Wildman–Crippen MR) is 68.6 cm³/mol. The first-order valence-corrected chi connectivity index (χ1v) is 5.94. The van der Waals surface area contributed by atoms with Crippen molar-refractivity contribution < 1.29 is 14.3 Å². The van der Waals surface area contributed by atoms with Gasteiger partial charge >= 0.3 is 5.97 Å². The molecule has 0 bridgehead atoms. The van der Waals surface area contributed by atoms with Gasteiger partial charge in [-0.05, 0) is 32.9 Å². The summed E-state index contributed by atoms with van der Waals surface area (Å²) in [5, 5.41) is 0. The Bertz CT molecular complexity index is 460. The first kappa shape index (κ1) is 12.6. The third-order valence-electron chi connectivity index (χ3n) is 2.35. The Morgan fingerprint density at radius 2 is 2.00 bits per heavy atom. The molecule has 1 aromatic rings. The number of benzene rings is 1. The van der Waals surface area contributed by atoms with Gasteiger partial charge in [-0.1, -0.05) is 18.2 Å². The Hall–Kier alpha value is -1.84. The maximum absolute atomic E-state index is 11.8. The van der Waals surface area contributed by atoms with Gasteiger partial charge in [0.05, 0.1) is 0 Å². The molecule has 0 spiro atoms. The molecule has 0 amide bonds. The summed E-state index contributed by atoms with van der Waals surface area (Å²) < 4.78 is 10.7. The number of esters is 1. The third kappa shape index (κ3) is 3.09. The highest BCUT2D eigenvalue weighted by molar-refractivity contribution is 5.97. The van der Waals surface area contributed by atoms with E-state index in [4.69, 9.17) is 9.47 Å². The summed E-state index contributed by atoms with van der Waals surface area (Å²) in [5.74, 6) is 0.167. The molecule has 0 fully saturated rings. The Morgan fingerprint density at radius 3 is 2.61 bits per heavy atom. The van der Waals surface area contributed by atoms with E-state index < -0.39 is 11.6 Å². The van der Waals surface area contributed by atoms with Gasteiger partial charge in [0, 0.05) is 5.56 Å². The molecule has 0 saturated carbocycles. The fourth-order valence-electron chi connectivity index (χ4n) is 1.60. The van der Waals surface area contributed by atoms with Gasteiger partial charge in [0.2, 0.25) is 5.90 Å². The molecule has 4 nitrogen and oxygen atoms in total. The lowest BCUT2D eigenvalue weighted by Crippen LogP contribution is -2.31. The van der Waals surface area contributed by atoms with Crippen LogP contribution in [0.15, 0.2) is 35.3 Å². The molecule has 96 valence electrons. The van der Waals surface area contributed by atoms with Crippen LogP contribution in [0.4, 0.5) is 0 Å². The second-order valence-electron chi connectivity index (χ2n) is 5.16. The lowest BCUT2D eigenvalue weighted by Gasteiger charge is -2.20. The SMILES string of the molecule is CC(C)(C)OC(=O)C1COC(c2ccccc2)=N1. The second-order valence-corrected chi connectivity index (χ2v) is 5.16. The first-order chi connectivity index (χ1) is 8.46. The molecule has 0 radical (unpaired) electrons. The molecular weight excluding hydrogens is 230 g/mol. The van der Waals surface area contributed by atoms with Gasteiger partial charge in [-0.25, -0.2) is 9.79 Å². The van der Waals surface area contributed by atoms with Crippen LogP contribution in [0.5, 0.6) is 0 Å². The van der Waals surface area contributed by atoms with Crippen LogP contribution in [-0.4, -0.2) is 30.1 Å². The average Bonchev–Trinajstić information content (AvgIpc) is 2.77. The van der Waals surface area contributed by atoms with E-state index in [-0.39, 0.29) is 12.6 Å². The first-order valence-electron chi connectivity index (χ1n) is 5.94. The van der Waals surface area contributed by atoms with Crippen molar-refractivity contribution >= 4 is 11.9 Å². The van der Waals surface area contributed by atoms with Gasteiger partial charge in [-0.2, -0.15) is 0 Å². The predicted octanol–water partition coefficient (Wildman–Crippen LogP) is 2.17. The van der Waals surface area contributed by atoms with Crippen LogP contribution >= 0.6 is 0 Å². The zero-order valence-corrected chi connectivity index (χ0v) is 10.8. The Labute approximate surface area is 107 Å². The second kappa shape index (κ2) is 4.80. The summed E-state index contributed by atoms with van der Waals surface area (Å²) >= 11 is 0. The zero-order chi connectivity index (χ0) is 13.2. The normalized spacial score (nSPS) is 19.1. The van der Waals surface area contributed by atoms with Crippen LogP contribution in [0.1, 0.15) is 26.3 Å². The highest BCUT2D eigenvalue weighted by Gasteiger charge is 2.30. The van der Waals surface area contributed by atoms with E-state index in [1.807, 2.05) is 51.1 Å². The summed E-state index contributed by atoms with van der Waals surface area (Å²) in [7, 11) is 0. The minimum absolute atomic E-state index is 0.249. The lowest BCUT2D eigenvalue weighted by atomic mass is 10.2. The van der Waals surface area contributed by atoms with Crippen LogP contribution in [0.25, 0.3) is 0 Å². The van der Waals surface area contributed by atoms with Gasteiger partial charge < -0.3 is 9.47 Å². The maximum Gasteiger partial charge on any atom is 0.335 e. The number of hydrogen-bond acceptors (Lipinski definition) is 4. The fourth-order valence-corrected chi connectivity index (χ4v) is 1.60. The van der Waals surface area contributed by atoms with Crippen LogP contribution in [-0.2, 0) is 14.3 Å². The van der Waals surface area contributed by atoms with Gasteiger partial charge in [0.15, 0.2) is 6.04 Å². The number of hydrogen-bond donors (Lipinski definition) is 0. The topological polar surface area (TPSA) is 47.9 Å². The third-order valence-corrected chi connectivity index (χ3v) is 2.35. The largest absolute Gasteiger partial charge is 0.475 e. The van der Waals surface area contributed by atoms with Crippen molar-refractivity contribution in [2.24, 2.45) is 4.99 Å².